The lowest BCUT2D eigenvalue weighted by Crippen LogP contribution is -2.54. The van der Waals surface area contributed by atoms with E-state index in [0.29, 0.717) is 5.75 Å². The number of azide groups is 1. The van der Waals surface area contributed by atoms with E-state index >= 15 is 0 Å². The minimum atomic E-state index is -1.40. The average molecular weight is 438 g/mol. The number of hydrogen-bond acceptors (Lipinski definition) is 6. The highest BCUT2D eigenvalue weighted by molar-refractivity contribution is 7.98. The van der Waals surface area contributed by atoms with Gasteiger partial charge in [-0.1, -0.05) is 29.8 Å². The molecule has 0 spiro atoms. The maximum absolute atomic E-state index is 12.6. The van der Waals surface area contributed by atoms with Gasteiger partial charge in [0.05, 0.1) is 6.61 Å². The van der Waals surface area contributed by atoms with E-state index in [1.807, 2.05) is 31.2 Å². The molecule has 164 valence electrons. The van der Waals surface area contributed by atoms with Gasteiger partial charge in [0.1, 0.15) is 17.7 Å². The summed E-state index contributed by atoms with van der Waals surface area (Å²) in [6, 6.07) is 5.46. The van der Waals surface area contributed by atoms with Crippen LogP contribution in [-0.4, -0.2) is 53.1 Å². The van der Waals surface area contributed by atoms with Crippen molar-refractivity contribution in [1.82, 2.24) is 10.6 Å². The number of nitrogens with one attached hydrogen (secondary N) is 2. The van der Waals surface area contributed by atoms with Crippen LogP contribution in [0.1, 0.15) is 31.9 Å². The van der Waals surface area contributed by atoms with Crippen LogP contribution in [0.5, 0.6) is 0 Å². The zero-order chi connectivity index (χ0) is 22.7. The summed E-state index contributed by atoms with van der Waals surface area (Å²) in [5.74, 6) is -0.956. The van der Waals surface area contributed by atoms with Crippen LogP contribution < -0.4 is 10.6 Å². The molecule has 0 aromatic heterocycles. The maximum atomic E-state index is 12.6. The van der Waals surface area contributed by atoms with Crippen molar-refractivity contribution in [2.45, 2.75) is 51.1 Å². The Bertz CT molecular complexity index is 788. The van der Waals surface area contributed by atoms with Crippen molar-refractivity contribution in [3.8, 4) is 0 Å². The largest absolute Gasteiger partial charge is 0.444 e. The predicted molar refractivity (Wildman–Crippen MR) is 114 cm³/mol. The van der Waals surface area contributed by atoms with Crippen LogP contribution in [0.25, 0.3) is 10.4 Å². The Morgan fingerprint density at radius 1 is 1.20 bits per heavy atom. The van der Waals surface area contributed by atoms with Crippen LogP contribution in [0.2, 0.25) is 0 Å². The Labute approximate surface area is 179 Å². The molecule has 2 atom stereocenters. The molecule has 0 heterocycles. The molecular weight excluding hydrogens is 410 g/mol. The van der Waals surface area contributed by atoms with Crippen LogP contribution in [0.3, 0.4) is 0 Å². The van der Waals surface area contributed by atoms with Crippen molar-refractivity contribution in [3.63, 3.8) is 0 Å². The molecule has 0 fully saturated rings. The van der Waals surface area contributed by atoms with E-state index in [-0.39, 0.29) is 5.75 Å². The van der Waals surface area contributed by atoms with E-state index in [1.165, 1.54) is 11.8 Å². The number of hydrogen-bond donors (Lipinski definition) is 3. The second-order valence-corrected chi connectivity index (χ2v) is 8.50. The van der Waals surface area contributed by atoms with Gasteiger partial charge in [-0.05, 0) is 43.9 Å². The van der Waals surface area contributed by atoms with Crippen molar-refractivity contribution in [2.75, 3.05) is 12.4 Å². The van der Waals surface area contributed by atoms with E-state index in [2.05, 4.69) is 20.7 Å². The number of thioether (sulfide) groups is 1. The highest BCUT2D eigenvalue weighted by Gasteiger charge is 2.27. The van der Waals surface area contributed by atoms with Gasteiger partial charge in [-0.25, -0.2) is 4.79 Å². The summed E-state index contributed by atoms with van der Waals surface area (Å²) in [6.45, 7) is 6.30. The van der Waals surface area contributed by atoms with Crippen molar-refractivity contribution in [1.29, 1.82) is 0 Å². The second-order valence-electron chi connectivity index (χ2n) is 7.47. The normalized spacial score (nSPS) is 12.8. The van der Waals surface area contributed by atoms with Gasteiger partial charge in [0, 0.05) is 16.4 Å². The Morgan fingerprint density at radius 3 is 2.37 bits per heavy atom. The molecule has 1 aromatic rings. The summed E-state index contributed by atoms with van der Waals surface area (Å²) in [5, 5.41) is 16.9. The molecule has 0 radical (unpaired) electrons. The molecule has 0 aliphatic heterocycles. The molecule has 1 rings (SSSR count). The molecule has 11 heteroatoms. The molecule has 0 saturated carbocycles. The Hall–Kier alpha value is -2.75. The quantitative estimate of drug-likeness (QED) is 0.306. The smallest absolute Gasteiger partial charge is 0.408 e. The third-order valence-corrected chi connectivity index (χ3v) is 4.73. The number of nitrogens with zero attached hydrogens (tertiary/aromatic N) is 3. The summed E-state index contributed by atoms with van der Waals surface area (Å²) in [4.78, 5) is 38.8. The molecule has 3 N–H and O–H groups in total. The van der Waals surface area contributed by atoms with Crippen LogP contribution in [0.15, 0.2) is 29.4 Å². The maximum Gasteiger partial charge on any atom is 0.408 e. The Balaban J connectivity index is 2.82. The summed E-state index contributed by atoms with van der Waals surface area (Å²) in [5.41, 5.74) is 9.78. The minimum absolute atomic E-state index is 0.187. The first-order valence-corrected chi connectivity index (χ1v) is 10.3. The van der Waals surface area contributed by atoms with Crippen molar-refractivity contribution in [3.05, 3.63) is 45.8 Å². The first-order chi connectivity index (χ1) is 14.1. The molecular formula is C19H27N5O5S. The zero-order valence-electron chi connectivity index (χ0n) is 17.4. The summed E-state index contributed by atoms with van der Waals surface area (Å²) in [7, 11) is 0. The van der Waals surface area contributed by atoms with Crippen LogP contribution in [0, 0.1) is 6.92 Å². The lowest BCUT2D eigenvalue weighted by molar-refractivity contribution is -0.129. The standard InChI is InChI=1S/C19H27N5O5S/c1-12-5-7-13(8-6-12)10-30-11-15(22-18(28)29-19(2,3)4)16(26)21-14(9-25)17(27)23-24-20/h5-8,14-15,25H,9-11H2,1-4H3,(H,21,26)(H,22,28)/t14-,15-/m0/s1. The zero-order valence-corrected chi connectivity index (χ0v) is 18.2. The van der Waals surface area contributed by atoms with Gasteiger partial charge in [0.25, 0.3) is 0 Å². The number of rotatable bonds is 9. The van der Waals surface area contributed by atoms with Gasteiger partial charge in [-0.15, -0.1) is 0 Å². The number of carbonyl (C=O) groups excluding carboxylic acids is 3. The topological polar surface area (TPSA) is 153 Å². The number of carbonyl (C=O) groups is 3. The minimum Gasteiger partial charge on any atom is -0.444 e. The number of benzene rings is 1. The second kappa shape index (κ2) is 12.1. The number of aryl methyl sites for hydroxylation is 1. The summed E-state index contributed by atoms with van der Waals surface area (Å²) in [6.07, 6.45) is -0.791. The number of aliphatic hydroxyl groups excluding tert-OH is 1. The fourth-order valence-electron chi connectivity index (χ4n) is 2.18. The van der Waals surface area contributed by atoms with Gasteiger partial charge >= 0.3 is 6.09 Å². The lowest BCUT2D eigenvalue weighted by atomic mass is 10.2. The highest BCUT2D eigenvalue weighted by Crippen LogP contribution is 2.15. The van der Waals surface area contributed by atoms with E-state index in [9.17, 15) is 19.5 Å². The van der Waals surface area contributed by atoms with Crippen LogP contribution in [-0.2, 0) is 20.1 Å². The van der Waals surface area contributed by atoms with E-state index in [4.69, 9.17) is 10.3 Å². The Morgan fingerprint density at radius 2 is 1.83 bits per heavy atom. The lowest BCUT2D eigenvalue weighted by Gasteiger charge is -2.24. The molecule has 0 aliphatic rings. The molecule has 0 bridgehead atoms. The third kappa shape index (κ3) is 9.64. The monoisotopic (exact) mass is 437 g/mol. The molecule has 0 aliphatic carbocycles. The first-order valence-electron chi connectivity index (χ1n) is 9.18. The van der Waals surface area contributed by atoms with E-state index in [1.54, 1.807) is 20.8 Å². The molecule has 3 amide bonds. The van der Waals surface area contributed by atoms with Gasteiger partial charge in [0.2, 0.25) is 11.8 Å². The molecule has 1 aromatic carbocycles. The van der Waals surface area contributed by atoms with Gasteiger partial charge < -0.3 is 20.5 Å². The third-order valence-electron chi connectivity index (χ3n) is 3.62. The number of aliphatic hydroxyl groups is 1. The fraction of sp³-hybridized carbons (Fsp3) is 0.526. The van der Waals surface area contributed by atoms with Crippen molar-refractivity contribution >= 4 is 29.7 Å². The summed E-state index contributed by atoms with van der Waals surface area (Å²) >= 11 is 1.40. The van der Waals surface area contributed by atoms with Gasteiger partial charge in [-0.2, -0.15) is 11.8 Å². The van der Waals surface area contributed by atoms with Crippen LogP contribution in [0.4, 0.5) is 4.79 Å². The molecule has 10 nitrogen and oxygen atoms in total. The molecule has 0 unspecified atom stereocenters. The fourth-order valence-corrected chi connectivity index (χ4v) is 3.20. The average Bonchev–Trinajstić information content (AvgIpc) is 2.65. The van der Waals surface area contributed by atoms with Gasteiger partial charge in [0.15, 0.2) is 0 Å². The van der Waals surface area contributed by atoms with Crippen molar-refractivity contribution < 1.29 is 24.2 Å². The van der Waals surface area contributed by atoms with Gasteiger partial charge in [-0.3, -0.25) is 9.59 Å². The number of alkyl carbamates (subject to hydrolysis) is 1. The Kier molecular flexibility index (Phi) is 10.2. The number of ether oxygens (including phenoxy) is 1. The predicted octanol–water partition coefficient (Wildman–Crippen LogP) is 2.44. The first kappa shape index (κ1) is 25.3. The van der Waals surface area contributed by atoms with E-state index in [0.717, 1.165) is 11.1 Å². The summed E-state index contributed by atoms with van der Waals surface area (Å²) < 4.78 is 5.19. The SMILES string of the molecule is Cc1ccc(CSC[C@H](NC(=O)OC(C)(C)C)C(=O)N[C@@H](CO)C(=O)N=[N+]=[N-])cc1. The highest BCUT2D eigenvalue weighted by atomic mass is 32.2. The van der Waals surface area contributed by atoms with Crippen molar-refractivity contribution in [2.24, 2.45) is 5.11 Å². The molecule has 30 heavy (non-hydrogen) atoms. The van der Waals surface area contributed by atoms with E-state index < -0.39 is 42.2 Å². The van der Waals surface area contributed by atoms with Crippen LogP contribution >= 0.6 is 11.8 Å². The number of amides is 3. The molecule has 0 saturated heterocycles.